The highest BCUT2D eigenvalue weighted by atomic mass is 16.5. The summed E-state index contributed by atoms with van der Waals surface area (Å²) in [6.07, 6.45) is 5.13. The van der Waals surface area contributed by atoms with E-state index < -0.39 is 0 Å². The standard InChI is InChI=1S/C11H21NO2/c1-8(11(13)14-3)9(2)12-10-6-4-5-7-10/h8-10,12H,4-7H2,1-3H3. The summed E-state index contributed by atoms with van der Waals surface area (Å²) in [4.78, 5) is 11.3. The van der Waals surface area contributed by atoms with Crippen molar-refractivity contribution in [2.24, 2.45) is 5.92 Å². The topological polar surface area (TPSA) is 38.3 Å². The van der Waals surface area contributed by atoms with Crippen molar-refractivity contribution in [3.63, 3.8) is 0 Å². The van der Waals surface area contributed by atoms with Gasteiger partial charge in [0.15, 0.2) is 0 Å². The second-order valence-electron chi connectivity index (χ2n) is 4.25. The average molecular weight is 199 g/mol. The van der Waals surface area contributed by atoms with Crippen LogP contribution in [0.4, 0.5) is 0 Å². The maximum Gasteiger partial charge on any atom is 0.309 e. The van der Waals surface area contributed by atoms with Gasteiger partial charge in [0.05, 0.1) is 13.0 Å². The van der Waals surface area contributed by atoms with Crippen molar-refractivity contribution in [3.05, 3.63) is 0 Å². The summed E-state index contributed by atoms with van der Waals surface area (Å²) in [7, 11) is 1.45. The summed E-state index contributed by atoms with van der Waals surface area (Å²) >= 11 is 0. The molecule has 0 heterocycles. The Balaban J connectivity index is 2.32. The first-order valence-electron chi connectivity index (χ1n) is 5.49. The normalized spacial score (nSPS) is 21.9. The first kappa shape index (κ1) is 11.5. The molecule has 1 N–H and O–H groups in total. The third-order valence-corrected chi connectivity index (χ3v) is 3.18. The van der Waals surface area contributed by atoms with Crippen LogP contribution in [0.15, 0.2) is 0 Å². The highest BCUT2D eigenvalue weighted by Crippen LogP contribution is 2.19. The molecule has 0 radical (unpaired) electrons. The Morgan fingerprint density at radius 3 is 2.43 bits per heavy atom. The average Bonchev–Trinajstić information content (AvgIpc) is 2.68. The van der Waals surface area contributed by atoms with E-state index >= 15 is 0 Å². The van der Waals surface area contributed by atoms with E-state index in [0.29, 0.717) is 6.04 Å². The molecule has 1 aliphatic carbocycles. The molecule has 1 saturated carbocycles. The second-order valence-corrected chi connectivity index (χ2v) is 4.25. The molecule has 1 fully saturated rings. The van der Waals surface area contributed by atoms with Crippen molar-refractivity contribution >= 4 is 5.97 Å². The lowest BCUT2D eigenvalue weighted by Crippen LogP contribution is -2.41. The van der Waals surface area contributed by atoms with E-state index in [0.717, 1.165) is 0 Å². The van der Waals surface area contributed by atoms with Crippen molar-refractivity contribution in [1.29, 1.82) is 0 Å². The van der Waals surface area contributed by atoms with E-state index in [2.05, 4.69) is 12.2 Å². The fourth-order valence-electron chi connectivity index (χ4n) is 2.00. The molecule has 0 aliphatic heterocycles. The van der Waals surface area contributed by atoms with Gasteiger partial charge in [-0.15, -0.1) is 0 Å². The summed E-state index contributed by atoms with van der Waals surface area (Å²) in [5, 5.41) is 3.49. The zero-order chi connectivity index (χ0) is 10.6. The number of nitrogens with one attached hydrogen (secondary N) is 1. The van der Waals surface area contributed by atoms with Crippen molar-refractivity contribution in [2.75, 3.05) is 7.11 Å². The van der Waals surface area contributed by atoms with Crippen LogP contribution in [-0.2, 0) is 9.53 Å². The predicted octanol–water partition coefficient (Wildman–Crippen LogP) is 1.72. The third-order valence-electron chi connectivity index (χ3n) is 3.18. The van der Waals surface area contributed by atoms with Crippen molar-refractivity contribution in [2.45, 2.75) is 51.6 Å². The summed E-state index contributed by atoms with van der Waals surface area (Å²) < 4.78 is 4.72. The Morgan fingerprint density at radius 2 is 1.93 bits per heavy atom. The van der Waals surface area contributed by atoms with E-state index in [-0.39, 0.29) is 17.9 Å². The van der Waals surface area contributed by atoms with Crippen LogP contribution in [0.3, 0.4) is 0 Å². The van der Waals surface area contributed by atoms with Crippen molar-refractivity contribution in [1.82, 2.24) is 5.32 Å². The molecule has 2 atom stereocenters. The first-order chi connectivity index (χ1) is 6.65. The van der Waals surface area contributed by atoms with Gasteiger partial charge in [0.25, 0.3) is 0 Å². The van der Waals surface area contributed by atoms with Crippen LogP contribution >= 0.6 is 0 Å². The highest BCUT2D eigenvalue weighted by molar-refractivity contribution is 5.72. The number of rotatable bonds is 4. The number of hydrogen-bond acceptors (Lipinski definition) is 3. The summed E-state index contributed by atoms with van der Waals surface area (Å²) in [6, 6.07) is 0.822. The number of hydrogen-bond donors (Lipinski definition) is 1. The molecule has 14 heavy (non-hydrogen) atoms. The summed E-state index contributed by atoms with van der Waals surface area (Å²) in [5.41, 5.74) is 0. The van der Waals surface area contributed by atoms with Gasteiger partial charge in [-0.3, -0.25) is 4.79 Å². The monoisotopic (exact) mass is 199 g/mol. The molecule has 0 bridgehead atoms. The van der Waals surface area contributed by atoms with Crippen LogP contribution in [0.2, 0.25) is 0 Å². The van der Waals surface area contributed by atoms with Crippen molar-refractivity contribution in [3.8, 4) is 0 Å². The predicted molar refractivity (Wildman–Crippen MR) is 56.0 cm³/mol. The Hall–Kier alpha value is -0.570. The molecule has 1 aliphatic rings. The highest BCUT2D eigenvalue weighted by Gasteiger charge is 2.24. The SMILES string of the molecule is COC(=O)C(C)C(C)NC1CCCC1. The molecule has 0 aromatic carbocycles. The molecule has 0 amide bonds. The van der Waals surface area contributed by atoms with Gasteiger partial charge in [0.2, 0.25) is 0 Å². The van der Waals surface area contributed by atoms with Gasteiger partial charge in [0.1, 0.15) is 0 Å². The summed E-state index contributed by atoms with van der Waals surface area (Å²) in [5.74, 6) is -0.177. The molecule has 0 spiro atoms. The van der Waals surface area contributed by atoms with Gasteiger partial charge in [0, 0.05) is 12.1 Å². The molecule has 82 valence electrons. The second kappa shape index (κ2) is 5.35. The van der Waals surface area contributed by atoms with Crippen LogP contribution in [0.5, 0.6) is 0 Å². The van der Waals surface area contributed by atoms with Crippen LogP contribution in [0.25, 0.3) is 0 Å². The Bertz CT molecular complexity index is 188. The number of carbonyl (C=O) groups excluding carboxylic acids is 1. The summed E-state index contributed by atoms with van der Waals surface area (Å²) in [6.45, 7) is 3.97. The quantitative estimate of drug-likeness (QED) is 0.701. The molecule has 3 nitrogen and oxygen atoms in total. The van der Waals surface area contributed by atoms with E-state index in [1.54, 1.807) is 0 Å². The lowest BCUT2D eigenvalue weighted by atomic mass is 10.0. The van der Waals surface area contributed by atoms with Gasteiger partial charge < -0.3 is 10.1 Å². The van der Waals surface area contributed by atoms with Crippen LogP contribution < -0.4 is 5.32 Å². The fourth-order valence-corrected chi connectivity index (χ4v) is 2.00. The minimum atomic E-state index is -0.122. The third kappa shape index (κ3) is 2.98. The molecule has 2 unspecified atom stereocenters. The Kier molecular flexibility index (Phi) is 4.39. The van der Waals surface area contributed by atoms with Gasteiger partial charge in [-0.2, -0.15) is 0 Å². The van der Waals surface area contributed by atoms with E-state index in [1.165, 1.54) is 32.8 Å². The zero-order valence-electron chi connectivity index (χ0n) is 9.38. The number of esters is 1. The van der Waals surface area contributed by atoms with Crippen LogP contribution in [-0.4, -0.2) is 25.2 Å². The Morgan fingerprint density at radius 1 is 1.36 bits per heavy atom. The zero-order valence-corrected chi connectivity index (χ0v) is 9.38. The largest absolute Gasteiger partial charge is 0.469 e. The minimum Gasteiger partial charge on any atom is -0.469 e. The first-order valence-corrected chi connectivity index (χ1v) is 5.49. The molecular formula is C11H21NO2. The van der Waals surface area contributed by atoms with E-state index in [1.807, 2.05) is 6.92 Å². The van der Waals surface area contributed by atoms with Gasteiger partial charge in [-0.1, -0.05) is 19.8 Å². The molecule has 3 heteroatoms. The van der Waals surface area contributed by atoms with E-state index in [9.17, 15) is 4.79 Å². The fraction of sp³-hybridized carbons (Fsp3) is 0.909. The molecular weight excluding hydrogens is 178 g/mol. The maximum atomic E-state index is 11.3. The van der Waals surface area contributed by atoms with Crippen LogP contribution in [0, 0.1) is 5.92 Å². The van der Waals surface area contributed by atoms with E-state index in [4.69, 9.17) is 4.74 Å². The number of ether oxygens (including phenoxy) is 1. The van der Waals surface area contributed by atoms with Crippen LogP contribution in [0.1, 0.15) is 39.5 Å². The number of carbonyl (C=O) groups is 1. The van der Waals surface area contributed by atoms with Gasteiger partial charge in [-0.05, 0) is 19.8 Å². The number of methoxy groups -OCH3 is 1. The van der Waals surface area contributed by atoms with Gasteiger partial charge >= 0.3 is 5.97 Å². The minimum absolute atomic E-state index is 0.0550. The lowest BCUT2D eigenvalue weighted by Gasteiger charge is -2.23. The van der Waals surface area contributed by atoms with Crippen molar-refractivity contribution < 1.29 is 9.53 Å². The molecule has 0 saturated heterocycles. The smallest absolute Gasteiger partial charge is 0.309 e. The molecule has 0 aromatic heterocycles. The maximum absolute atomic E-state index is 11.3. The Labute approximate surface area is 86.2 Å². The lowest BCUT2D eigenvalue weighted by molar-refractivity contribution is -0.145. The molecule has 1 rings (SSSR count). The van der Waals surface area contributed by atoms with Gasteiger partial charge in [-0.25, -0.2) is 0 Å². The molecule has 0 aromatic rings.